The zero-order valence-electron chi connectivity index (χ0n) is 15.6. The number of dihydropyridines is 1. The van der Waals surface area contributed by atoms with Crippen LogP contribution in [0.4, 0.5) is 8.78 Å². The molecule has 0 amide bonds. The van der Waals surface area contributed by atoms with E-state index in [9.17, 15) is 13.6 Å². The third-order valence-electron chi connectivity index (χ3n) is 4.43. The quantitative estimate of drug-likeness (QED) is 0.581. The smallest absolute Gasteiger partial charge is 0.336 e. The molecule has 2 rings (SSSR count). The van der Waals surface area contributed by atoms with Gasteiger partial charge in [-0.25, -0.2) is 13.6 Å². The molecule has 0 saturated carbocycles. The van der Waals surface area contributed by atoms with Crippen molar-refractivity contribution in [1.29, 1.82) is 0 Å². The number of ether oxygens (including phenoxy) is 2. The number of methoxy groups -OCH3 is 1. The van der Waals surface area contributed by atoms with E-state index in [0.29, 0.717) is 17.7 Å². The van der Waals surface area contributed by atoms with Gasteiger partial charge in [-0.2, -0.15) is 0 Å². The lowest BCUT2D eigenvalue weighted by atomic mass is 9.78. The molecule has 0 fully saturated rings. The summed E-state index contributed by atoms with van der Waals surface area (Å²) in [4.78, 5) is 12.7. The summed E-state index contributed by atoms with van der Waals surface area (Å²) in [6.07, 6.45) is 1.52. The molecule has 26 heavy (non-hydrogen) atoms. The van der Waals surface area contributed by atoms with Crippen molar-refractivity contribution in [3.8, 4) is 0 Å². The van der Waals surface area contributed by atoms with Crippen LogP contribution < -0.4 is 5.32 Å². The van der Waals surface area contributed by atoms with Crippen molar-refractivity contribution in [1.82, 2.24) is 5.32 Å². The molecule has 1 aromatic carbocycles. The Balaban J connectivity index is 2.51. The number of carbonyl (C=O) groups excluding carboxylic acids is 1. The van der Waals surface area contributed by atoms with Crippen LogP contribution >= 0.6 is 0 Å². The number of halogens is 2. The van der Waals surface area contributed by atoms with Gasteiger partial charge >= 0.3 is 5.97 Å². The van der Waals surface area contributed by atoms with Gasteiger partial charge in [0.25, 0.3) is 0 Å². The number of hydrogen-bond acceptors (Lipinski definition) is 4. The summed E-state index contributed by atoms with van der Waals surface area (Å²) in [6.45, 7) is 6.05. The molecule has 0 radical (unpaired) electrons. The Morgan fingerprint density at radius 1 is 1.19 bits per heavy atom. The van der Waals surface area contributed by atoms with Crippen LogP contribution in [0.3, 0.4) is 0 Å². The van der Waals surface area contributed by atoms with Crippen LogP contribution in [0.15, 0.2) is 40.7 Å². The van der Waals surface area contributed by atoms with Gasteiger partial charge < -0.3 is 14.8 Å². The average molecular weight is 365 g/mol. The molecule has 1 aliphatic rings. The number of nitrogens with one attached hydrogen (secondary N) is 1. The second-order valence-electron chi connectivity index (χ2n) is 6.29. The SMILES string of the molecule is CCCC1=C(C)NC(C)=C(C(=O)OCCOC)C1c1ccc(F)cc1F. The molecule has 1 N–H and O–H groups in total. The van der Waals surface area contributed by atoms with Gasteiger partial charge in [0.2, 0.25) is 0 Å². The predicted octanol–water partition coefficient (Wildman–Crippen LogP) is 4.19. The molecule has 4 nitrogen and oxygen atoms in total. The second kappa shape index (κ2) is 8.94. The minimum atomic E-state index is -0.673. The summed E-state index contributed by atoms with van der Waals surface area (Å²) in [5.74, 6) is -2.45. The van der Waals surface area contributed by atoms with Crippen molar-refractivity contribution in [2.75, 3.05) is 20.3 Å². The largest absolute Gasteiger partial charge is 0.460 e. The zero-order chi connectivity index (χ0) is 19.3. The molecule has 0 aliphatic carbocycles. The van der Waals surface area contributed by atoms with Gasteiger partial charge in [-0.05, 0) is 37.5 Å². The molecule has 1 atom stereocenters. The maximum absolute atomic E-state index is 14.6. The van der Waals surface area contributed by atoms with Crippen LogP contribution in [-0.4, -0.2) is 26.3 Å². The van der Waals surface area contributed by atoms with E-state index in [-0.39, 0.29) is 18.8 Å². The fourth-order valence-electron chi connectivity index (χ4n) is 3.28. The van der Waals surface area contributed by atoms with Crippen molar-refractivity contribution < 1.29 is 23.0 Å². The Bertz CT molecular complexity index is 741. The molecule has 0 saturated heterocycles. The highest BCUT2D eigenvalue weighted by Gasteiger charge is 2.35. The van der Waals surface area contributed by atoms with E-state index >= 15 is 0 Å². The van der Waals surface area contributed by atoms with Crippen molar-refractivity contribution in [2.24, 2.45) is 0 Å². The van der Waals surface area contributed by atoms with E-state index in [2.05, 4.69) is 5.32 Å². The van der Waals surface area contributed by atoms with Gasteiger partial charge in [-0.15, -0.1) is 0 Å². The highest BCUT2D eigenvalue weighted by atomic mass is 19.1. The van der Waals surface area contributed by atoms with Crippen molar-refractivity contribution in [2.45, 2.75) is 39.5 Å². The standard InChI is InChI=1S/C20H25F2NO3/c1-5-6-15-12(2)23-13(3)18(20(24)26-10-9-25-4)19(15)16-8-7-14(21)11-17(16)22/h7-8,11,19,23H,5-6,9-10H2,1-4H3. The minimum Gasteiger partial charge on any atom is -0.460 e. The number of hydrogen-bond donors (Lipinski definition) is 1. The van der Waals surface area contributed by atoms with E-state index < -0.39 is 23.5 Å². The first-order valence-electron chi connectivity index (χ1n) is 8.69. The van der Waals surface area contributed by atoms with E-state index in [1.807, 2.05) is 13.8 Å². The van der Waals surface area contributed by atoms with Gasteiger partial charge in [-0.3, -0.25) is 0 Å². The van der Waals surface area contributed by atoms with Gasteiger partial charge in [0.1, 0.15) is 18.2 Å². The molecule has 1 aliphatic heterocycles. The van der Waals surface area contributed by atoms with E-state index in [1.165, 1.54) is 19.2 Å². The van der Waals surface area contributed by atoms with E-state index in [1.54, 1.807) is 6.92 Å². The van der Waals surface area contributed by atoms with Crippen LogP contribution in [0, 0.1) is 11.6 Å². The summed E-state index contributed by atoms with van der Waals surface area (Å²) in [7, 11) is 1.52. The summed E-state index contributed by atoms with van der Waals surface area (Å²) >= 11 is 0. The van der Waals surface area contributed by atoms with Crippen LogP contribution in [0.1, 0.15) is 45.1 Å². The van der Waals surface area contributed by atoms with Gasteiger partial charge in [0.05, 0.1) is 12.2 Å². The Hall–Kier alpha value is -2.21. The van der Waals surface area contributed by atoms with Gasteiger partial charge in [0, 0.05) is 30.5 Å². The predicted molar refractivity (Wildman–Crippen MR) is 95.4 cm³/mol. The lowest BCUT2D eigenvalue weighted by molar-refractivity contribution is -0.140. The third-order valence-corrected chi connectivity index (χ3v) is 4.43. The maximum Gasteiger partial charge on any atom is 0.336 e. The zero-order valence-corrected chi connectivity index (χ0v) is 15.6. The first-order chi connectivity index (χ1) is 12.4. The number of carbonyl (C=O) groups is 1. The Morgan fingerprint density at radius 3 is 2.54 bits per heavy atom. The number of benzene rings is 1. The molecule has 0 spiro atoms. The fourth-order valence-corrected chi connectivity index (χ4v) is 3.28. The summed E-state index contributed by atoms with van der Waals surface area (Å²) in [5.41, 5.74) is 3.02. The van der Waals surface area contributed by atoms with Gasteiger partial charge in [0.15, 0.2) is 0 Å². The van der Waals surface area contributed by atoms with Gasteiger partial charge in [-0.1, -0.05) is 19.4 Å². The number of rotatable bonds is 7. The molecular weight excluding hydrogens is 340 g/mol. The molecule has 0 aromatic heterocycles. The molecule has 0 bridgehead atoms. The van der Waals surface area contributed by atoms with Crippen molar-refractivity contribution in [3.05, 3.63) is 57.9 Å². The Labute approximate surface area is 152 Å². The normalized spacial score (nSPS) is 17.4. The molecular formula is C20H25F2NO3. The third kappa shape index (κ3) is 4.30. The molecule has 1 unspecified atom stereocenters. The van der Waals surface area contributed by atoms with Crippen LogP contribution in [-0.2, 0) is 14.3 Å². The monoisotopic (exact) mass is 365 g/mol. The number of allylic oxidation sites excluding steroid dienone is 3. The summed E-state index contributed by atoms with van der Waals surface area (Å²) < 4.78 is 38.2. The first kappa shape index (κ1) is 20.1. The minimum absolute atomic E-state index is 0.108. The molecule has 142 valence electrons. The number of esters is 1. The Kier molecular flexibility index (Phi) is 6.91. The topological polar surface area (TPSA) is 47.6 Å². The fraction of sp³-hybridized carbons (Fsp3) is 0.450. The van der Waals surface area contributed by atoms with Crippen molar-refractivity contribution in [3.63, 3.8) is 0 Å². The Morgan fingerprint density at radius 2 is 1.92 bits per heavy atom. The molecule has 1 aromatic rings. The maximum atomic E-state index is 14.6. The molecule has 6 heteroatoms. The molecule has 1 heterocycles. The van der Waals surface area contributed by atoms with Crippen LogP contribution in [0.5, 0.6) is 0 Å². The van der Waals surface area contributed by atoms with Crippen molar-refractivity contribution >= 4 is 5.97 Å². The highest BCUT2D eigenvalue weighted by Crippen LogP contribution is 2.41. The second-order valence-corrected chi connectivity index (χ2v) is 6.29. The summed E-state index contributed by atoms with van der Waals surface area (Å²) in [5, 5.41) is 3.20. The van der Waals surface area contributed by atoms with Crippen LogP contribution in [0.25, 0.3) is 0 Å². The van der Waals surface area contributed by atoms with E-state index in [4.69, 9.17) is 9.47 Å². The lowest BCUT2D eigenvalue weighted by Crippen LogP contribution is -2.30. The van der Waals surface area contributed by atoms with E-state index in [0.717, 1.165) is 23.8 Å². The van der Waals surface area contributed by atoms with Crippen LogP contribution in [0.2, 0.25) is 0 Å². The highest BCUT2D eigenvalue weighted by molar-refractivity contribution is 5.92. The summed E-state index contributed by atoms with van der Waals surface area (Å²) in [6, 6.07) is 3.46. The lowest BCUT2D eigenvalue weighted by Gasteiger charge is -2.32. The average Bonchev–Trinajstić information content (AvgIpc) is 2.57. The first-order valence-corrected chi connectivity index (χ1v) is 8.69.